The summed E-state index contributed by atoms with van der Waals surface area (Å²) < 4.78 is 0. The number of carboxylic acid groups (broad SMARTS) is 1. The fourth-order valence-corrected chi connectivity index (χ4v) is 0.710. The lowest BCUT2D eigenvalue weighted by atomic mass is 10.1. The molecular weight excluding hydrogens is 170 g/mol. The van der Waals surface area contributed by atoms with Crippen LogP contribution in [-0.2, 0) is 9.59 Å². The van der Waals surface area contributed by atoms with Crippen LogP contribution in [0, 0.1) is 5.92 Å². The van der Waals surface area contributed by atoms with Gasteiger partial charge in [-0.25, -0.2) is 0 Å². The van der Waals surface area contributed by atoms with E-state index in [1.165, 1.54) is 6.92 Å². The molecule has 0 aromatic rings. The maximum atomic E-state index is 11.2. The number of aliphatic carboxylic acids is 1. The Balaban J connectivity index is 3.81. The first-order valence-corrected chi connectivity index (χ1v) is 4.48. The van der Waals surface area contributed by atoms with E-state index in [9.17, 15) is 9.59 Å². The molecule has 4 heteroatoms. The molecule has 13 heavy (non-hydrogen) atoms. The summed E-state index contributed by atoms with van der Waals surface area (Å²) in [5, 5.41) is 11.5. The molecule has 2 unspecified atom stereocenters. The van der Waals surface area contributed by atoms with Crippen molar-refractivity contribution in [1.82, 2.24) is 5.32 Å². The Morgan fingerprint density at radius 3 is 2.31 bits per heavy atom. The van der Waals surface area contributed by atoms with E-state index in [0.717, 1.165) is 6.42 Å². The molecule has 2 atom stereocenters. The summed E-state index contributed by atoms with van der Waals surface area (Å²) >= 11 is 0. The average Bonchev–Trinajstić information content (AvgIpc) is 2.11. The molecule has 0 aliphatic heterocycles. The van der Waals surface area contributed by atoms with E-state index in [2.05, 4.69) is 5.32 Å². The van der Waals surface area contributed by atoms with Gasteiger partial charge in [0.1, 0.15) is 5.92 Å². The van der Waals surface area contributed by atoms with Gasteiger partial charge in [-0.3, -0.25) is 9.59 Å². The number of Topliss-reactive ketones (excluding diaryl/α,β-unsaturated/α-hetero) is 1. The standard InChI is InChI=1S/C9H17NO3/c1-4-6(2)10-5-8(11)7(3)9(12)13/h6-7,10H,4-5H2,1-3H3,(H,12,13). The molecule has 0 saturated heterocycles. The lowest BCUT2D eigenvalue weighted by molar-refractivity contribution is -0.145. The van der Waals surface area contributed by atoms with Crippen molar-refractivity contribution >= 4 is 11.8 Å². The molecule has 0 saturated carbocycles. The second-order valence-corrected chi connectivity index (χ2v) is 3.22. The molecule has 0 spiro atoms. The van der Waals surface area contributed by atoms with Gasteiger partial charge in [-0.1, -0.05) is 6.92 Å². The molecule has 0 aromatic heterocycles. The van der Waals surface area contributed by atoms with Crippen LogP contribution < -0.4 is 5.32 Å². The molecule has 0 heterocycles. The Bertz CT molecular complexity index is 191. The van der Waals surface area contributed by atoms with Crippen molar-refractivity contribution < 1.29 is 14.7 Å². The zero-order chi connectivity index (χ0) is 10.4. The van der Waals surface area contributed by atoms with Crippen molar-refractivity contribution in [3.63, 3.8) is 0 Å². The number of carbonyl (C=O) groups is 2. The molecule has 4 nitrogen and oxygen atoms in total. The third-order valence-electron chi connectivity index (χ3n) is 2.09. The average molecular weight is 187 g/mol. The second kappa shape index (κ2) is 5.70. The number of rotatable bonds is 6. The smallest absolute Gasteiger partial charge is 0.313 e. The van der Waals surface area contributed by atoms with Gasteiger partial charge < -0.3 is 10.4 Å². The summed E-state index contributed by atoms with van der Waals surface area (Å²) in [6.07, 6.45) is 0.925. The van der Waals surface area contributed by atoms with Gasteiger partial charge >= 0.3 is 5.97 Å². The van der Waals surface area contributed by atoms with E-state index < -0.39 is 11.9 Å². The van der Waals surface area contributed by atoms with E-state index in [-0.39, 0.29) is 18.4 Å². The maximum Gasteiger partial charge on any atom is 0.313 e. The van der Waals surface area contributed by atoms with Crippen molar-refractivity contribution in [2.75, 3.05) is 6.54 Å². The summed E-state index contributed by atoms with van der Waals surface area (Å²) in [7, 11) is 0. The predicted molar refractivity (Wildman–Crippen MR) is 49.6 cm³/mol. The van der Waals surface area contributed by atoms with Crippen LogP contribution in [0.1, 0.15) is 27.2 Å². The van der Waals surface area contributed by atoms with E-state index >= 15 is 0 Å². The van der Waals surface area contributed by atoms with Crippen LogP contribution in [0.5, 0.6) is 0 Å². The van der Waals surface area contributed by atoms with E-state index in [0.29, 0.717) is 0 Å². The van der Waals surface area contributed by atoms with Crippen molar-refractivity contribution in [2.45, 2.75) is 33.2 Å². The molecule has 0 aliphatic carbocycles. The number of ketones is 1. The van der Waals surface area contributed by atoms with Crippen molar-refractivity contribution in [2.24, 2.45) is 5.92 Å². The minimum absolute atomic E-state index is 0.141. The Kier molecular flexibility index (Phi) is 5.30. The zero-order valence-electron chi connectivity index (χ0n) is 8.33. The van der Waals surface area contributed by atoms with Gasteiger partial charge in [0.15, 0.2) is 5.78 Å². The van der Waals surface area contributed by atoms with Gasteiger partial charge in [-0.05, 0) is 20.3 Å². The number of carbonyl (C=O) groups excluding carboxylic acids is 1. The fraction of sp³-hybridized carbons (Fsp3) is 0.778. The first kappa shape index (κ1) is 12.1. The van der Waals surface area contributed by atoms with Crippen molar-refractivity contribution in [3.05, 3.63) is 0 Å². The third-order valence-corrected chi connectivity index (χ3v) is 2.09. The Morgan fingerprint density at radius 1 is 1.38 bits per heavy atom. The van der Waals surface area contributed by atoms with E-state index in [1.54, 1.807) is 0 Å². The lowest BCUT2D eigenvalue weighted by Gasteiger charge is -2.11. The van der Waals surface area contributed by atoms with Crippen molar-refractivity contribution in [3.8, 4) is 0 Å². The van der Waals surface area contributed by atoms with E-state index in [4.69, 9.17) is 5.11 Å². The van der Waals surface area contributed by atoms with Crippen LogP contribution in [-0.4, -0.2) is 29.4 Å². The summed E-state index contributed by atoms with van der Waals surface area (Å²) in [4.78, 5) is 21.6. The van der Waals surface area contributed by atoms with Crippen LogP contribution in [0.2, 0.25) is 0 Å². The summed E-state index contributed by atoms with van der Waals surface area (Å²) in [5.41, 5.74) is 0. The monoisotopic (exact) mass is 187 g/mol. The van der Waals surface area contributed by atoms with Gasteiger partial charge in [0.2, 0.25) is 0 Å². The molecule has 0 radical (unpaired) electrons. The number of carboxylic acids is 1. The van der Waals surface area contributed by atoms with Crippen LogP contribution in [0.4, 0.5) is 0 Å². The lowest BCUT2D eigenvalue weighted by Crippen LogP contribution is -2.35. The third kappa shape index (κ3) is 4.62. The van der Waals surface area contributed by atoms with E-state index in [1.807, 2.05) is 13.8 Å². The highest BCUT2D eigenvalue weighted by Gasteiger charge is 2.19. The Labute approximate surface area is 78.3 Å². The van der Waals surface area contributed by atoms with Gasteiger partial charge in [0.05, 0.1) is 6.54 Å². The SMILES string of the molecule is CCC(C)NCC(=O)C(C)C(=O)O. The van der Waals surface area contributed by atoms with Crippen LogP contribution in [0.15, 0.2) is 0 Å². The van der Waals surface area contributed by atoms with Crippen LogP contribution >= 0.6 is 0 Å². The number of hydrogen-bond acceptors (Lipinski definition) is 3. The zero-order valence-corrected chi connectivity index (χ0v) is 8.33. The minimum Gasteiger partial charge on any atom is -0.481 e. The summed E-state index contributed by atoms with van der Waals surface area (Å²) in [6.45, 7) is 5.51. The fourth-order valence-electron chi connectivity index (χ4n) is 0.710. The molecule has 0 aliphatic rings. The molecule has 0 rings (SSSR count). The molecule has 0 aromatic carbocycles. The van der Waals surface area contributed by atoms with Gasteiger partial charge in [-0.2, -0.15) is 0 Å². The molecule has 0 fully saturated rings. The van der Waals surface area contributed by atoms with Crippen LogP contribution in [0.25, 0.3) is 0 Å². The first-order valence-electron chi connectivity index (χ1n) is 4.48. The number of hydrogen-bond donors (Lipinski definition) is 2. The number of nitrogens with one attached hydrogen (secondary N) is 1. The summed E-state index contributed by atoms with van der Waals surface area (Å²) in [6, 6.07) is 0.255. The normalized spacial score (nSPS) is 15.0. The molecular formula is C9H17NO3. The molecule has 0 bridgehead atoms. The predicted octanol–water partition coefficient (Wildman–Crippen LogP) is 0.664. The van der Waals surface area contributed by atoms with Gasteiger partial charge in [0, 0.05) is 6.04 Å². The topological polar surface area (TPSA) is 66.4 Å². The molecule has 2 N–H and O–H groups in total. The molecule has 76 valence electrons. The Hall–Kier alpha value is -0.900. The molecule has 0 amide bonds. The highest BCUT2D eigenvalue weighted by atomic mass is 16.4. The second-order valence-electron chi connectivity index (χ2n) is 3.22. The largest absolute Gasteiger partial charge is 0.481 e. The first-order chi connectivity index (χ1) is 5.99. The van der Waals surface area contributed by atoms with Crippen molar-refractivity contribution in [1.29, 1.82) is 0 Å². The highest BCUT2D eigenvalue weighted by Crippen LogP contribution is 1.96. The Morgan fingerprint density at radius 2 is 1.92 bits per heavy atom. The maximum absolute atomic E-state index is 11.2. The highest BCUT2D eigenvalue weighted by molar-refractivity contribution is 5.98. The minimum atomic E-state index is -1.06. The summed E-state index contributed by atoms with van der Waals surface area (Å²) in [5.74, 6) is -2.24. The van der Waals surface area contributed by atoms with Crippen LogP contribution in [0.3, 0.4) is 0 Å². The quantitative estimate of drug-likeness (QED) is 0.600. The van der Waals surface area contributed by atoms with Gasteiger partial charge in [-0.15, -0.1) is 0 Å². The van der Waals surface area contributed by atoms with Gasteiger partial charge in [0.25, 0.3) is 0 Å².